The third-order valence-electron chi connectivity index (χ3n) is 4.42. The number of carbonyl (C=O) groups is 1. The van der Waals surface area contributed by atoms with Crippen molar-refractivity contribution in [3.63, 3.8) is 0 Å². The molecule has 3 rings (SSSR count). The Labute approximate surface area is 159 Å². The monoisotopic (exact) mass is 358 g/mol. The molecule has 0 fully saturated rings. The number of carboxylic acid groups (broad SMARTS) is 1. The van der Waals surface area contributed by atoms with Gasteiger partial charge in [-0.3, -0.25) is 5.43 Å². The first kappa shape index (κ1) is 18.4. The summed E-state index contributed by atoms with van der Waals surface area (Å²) in [6.45, 7) is 4.10. The Hall–Kier alpha value is -3.40. The second kappa shape index (κ2) is 8.32. The SMILES string of the molecule is CCc1ccccc1N/N=C(/c1ccc(C)cc1)c1ccccc1C(=O)O. The quantitative estimate of drug-likeness (QED) is 0.475. The number of aryl methyl sites for hydroxylation is 2. The lowest BCUT2D eigenvalue weighted by atomic mass is 9.97. The fourth-order valence-corrected chi connectivity index (χ4v) is 2.92. The van der Waals surface area contributed by atoms with Gasteiger partial charge < -0.3 is 5.11 Å². The van der Waals surface area contributed by atoms with Crippen LogP contribution in [0.4, 0.5) is 5.69 Å². The summed E-state index contributed by atoms with van der Waals surface area (Å²) >= 11 is 0. The predicted octanol–water partition coefficient (Wildman–Crippen LogP) is 5.12. The van der Waals surface area contributed by atoms with E-state index in [4.69, 9.17) is 0 Å². The first-order chi connectivity index (χ1) is 13.1. The largest absolute Gasteiger partial charge is 0.478 e. The lowest BCUT2D eigenvalue weighted by Gasteiger charge is -2.13. The van der Waals surface area contributed by atoms with E-state index in [0.29, 0.717) is 11.3 Å². The number of anilines is 1. The van der Waals surface area contributed by atoms with Crippen LogP contribution in [0.2, 0.25) is 0 Å². The standard InChI is InChI=1S/C23H22N2O2/c1-3-17-8-4-7-11-21(17)24-25-22(18-14-12-16(2)13-15-18)19-9-5-6-10-20(19)23(26)27/h4-15,24H,3H2,1-2H3,(H,26,27)/b25-22-. The van der Waals surface area contributed by atoms with Crippen molar-refractivity contribution in [3.8, 4) is 0 Å². The first-order valence-corrected chi connectivity index (χ1v) is 8.91. The second-order valence-corrected chi connectivity index (χ2v) is 6.30. The highest BCUT2D eigenvalue weighted by atomic mass is 16.4. The second-order valence-electron chi connectivity index (χ2n) is 6.30. The minimum atomic E-state index is -0.973. The highest BCUT2D eigenvalue weighted by Crippen LogP contribution is 2.19. The molecule has 0 aromatic heterocycles. The van der Waals surface area contributed by atoms with Crippen LogP contribution in [0.1, 0.15) is 39.5 Å². The van der Waals surface area contributed by atoms with Crippen LogP contribution < -0.4 is 5.43 Å². The normalized spacial score (nSPS) is 11.3. The van der Waals surface area contributed by atoms with E-state index in [9.17, 15) is 9.90 Å². The van der Waals surface area contributed by atoms with Crippen molar-refractivity contribution in [2.75, 3.05) is 5.43 Å². The summed E-state index contributed by atoms with van der Waals surface area (Å²) < 4.78 is 0. The van der Waals surface area contributed by atoms with Crippen LogP contribution in [0, 0.1) is 6.92 Å². The Morgan fingerprint density at radius 2 is 1.56 bits per heavy atom. The Kier molecular flexibility index (Phi) is 5.67. The van der Waals surface area contributed by atoms with Crippen LogP contribution in [-0.4, -0.2) is 16.8 Å². The molecule has 0 saturated carbocycles. The summed E-state index contributed by atoms with van der Waals surface area (Å²) in [4.78, 5) is 11.7. The Morgan fingerprint density at radius 3 is 2.22 bits per heavy atom. The molecule has 4 heteroatoms. The average Bonchev–Trinajstić information content (AvgIpc) is 2.70. The molecule has 2 N–H and O–H groups in total. The molecule has 0 atom stereocenters. The molecule has 136 valence electrons. The molecule has 0 aliphatic rings. The van der Waals surface area contributed by atoms with E-state index >= 15 is 0 Å². The number of hydrogen-bond acceptors (Lipinski definition) is 3. The van der Waals surface area contributed by atoms with Gasteiger partial charge in [0, 0.05) is 11.1 Å². The van der Waals surface area contributed by atoms with Crippen LogP contribution >= 0.6 is 0 Å². The van der Waals surface area contributed by atoms with Crippen molar-refractivity contribution < 1.29 is 9.90 Å². The maximum atomic E-state index is 11.7. The van der Waals surface area contributed by atoms with Crippen LogP contribution in [0.3, 0.4) is 0 Å². The van der Waals surface area contributed by atoms with E-state index in [1.54, 1.807) is 18.2 Å². The minimum Gasteiger partial charge on any atom is -0.478 e. The van der Waals surface area contributed by atoms with Crippen molar-refractivity contribution in [1.82, 2.24) is 0 Å². The smallest absolute Gasteiger partial charge is 0.336 e. The number of nitrogens with zero attached hydrogens (tertiary/aromatic N) is 1. The maximum absolute atomic E-state index is 11.7. The van der Waals surface area contributed by atoms with Gasteiger partial charge in [-0.2, -0.15) is 5.10 Å². The number of nitrogens with one attached hydrogen (secondary N) is 1. The van der Waals surface area contributed by atoms with Gasteiger partial charge in [0.2, 0.25) is 0 Å². The van der Waals surface area contributed by atoms with Crippen LogP contribution in [0.5, 0.6) is 0 Å². The number of carboxylic acids is 1. The van der Waals surface area contributed by atoms with Crippen LogP contribution in [0.25, 0.3) is 0 Å². The molecule has 0 unspecified atom stereocenters. The molecular formula is C23H22N2O2. The summed E-state index contributed by atoms with van der Waals surface area (Å²) in [7, 11) is 0. The molecule has 0 heterocycles. The van der Waals surface area contributed by atoms with Gasteiger partial charge in [0.15, 0.2) is 0 Å². The zero-order chi connectivity index (χ0) is 19.2. The van der Waals surface area contributed by atoms with Crippen LogP contribution in [0.15, 0.2) is 77.9 Å². The van der Waals surface area contributed by atoms with Crippen molar-refractivity contribution in [1.29, 1.82) is 0 Å². The van der Waals surface area contributed by atoms with Gasteiger partial charge >= 0.3 is 5.97 Å². The molecule has 3 aromatic rings. The summed E-state index contributed by atoms with van der Waals surface area (Å²) in [6.07, 6.45) is 0.879. The van der Waals surface area contributed by atoms with Gasteiger partial charge in [0.1, 0.15) is 0 Å². The lowest BCUT2D eigenvalue weighted by Crippen LogP contribution is -2.12. The summed E-state index contributed by atoms with van der Waals surface area (Å²) in [5.41, 5.74) is 8.59. The zero-order valence-corrected chi connectivity index (χ0v) is 15.4. The molecular weight excluding hydrogens is 336 g/mol. The lowest BCUT2D eigenvalue weighted by molar-refractivity contribution is 0.0696. The van der Waals surface area contributed by atoms with E-state index in [-0.39, 0.29) is 5.56 Å². The highest BCUT2D eigenvalue weighted by molar-refractivity contribution is 6.17. The molecule has 4 nitrogen and oxygen atoms in total. The third-order valence-corrected chi connectivity index (χ3v) is 4.42. The van der Waals surface area contributed by atoms with Gasteiger partial charge in [-0.1, -0.05) is 73.2 Å². The van der Waals surface area contributed by atoms with Gasteiger partial charge in [0.05, 0.1) is 17.0 Å². The Morgan fingerprint density at radius 1 is 0.926 bits per heavy atom. The molecule has 0 aliphatic heterocycles. The van der Waals surface area contributed by atoms with Gasteiger partial charge in [-0.05, 0) is 31.0 Å². The van der Waals surface area contributed by atoms with E-state index < -0.39 is 5.97 Å². The molecule has 0 amide bonds. The van der Waals surface area contributed by atoms with Crippen LogP contribution in [-0.2, 0) is 6.42 Å². The molecule has 3 aromatic carbocycles. The van der Waals surface area contributed by atoms with Gasteiger partial charge in [-0.25, -0.2) is 4.79 Å². The summed E-state index contributed by atoms with van der Waals surface area (Å²) in [5.74, 6) is -0.973. The van der Waals surface area contributed by atoms with Gasteiger partial charge in [-0.15, -0.1) is 0 Å². The van der Waals surface area contributed by atoms with E-state index in [1.807, 2.05) is 55.5 Å². The van der Waals surface area contributed by atoms with Crippen molar-refractivity contribution in [2.24, 2.45) is 5.10 Å². The fraction of sp³-hybridized carbons (Fsp3) is 0.130. The first-order valence-electron chi connectivity index (χ1n) is 8.91. The zero-order valence-electron chi connectivity index (χ0n) is 15.4. The predicted molar refractivity (Wildman–Crippen MR) is 110 cm³/mol. The number of hydrogen-bond donors (Lipinski definition) is 2. The molecule has 0 bridgehead atoms. The number of aromatic carboxylic acids is 1. The highest BCUT2D eigenvalue weighted by Gasteiger charge is 2.16. The van der Waals surface area contributed by atoms with Crippen molar-refractivity contribution in [3.05, 3.63) is 101 Å². The topological polar surface area (TPSA) is 61.7 Å². The van der Waals surface area contributed by atoms with E-state index in [0.717, 1.165) is 28.8 Å². The number of rotatable bonds is 6. The molecule has 27 heavy (non-hydrogen) atoms. The Bertz CT molecular complexity index is 976. The average molecular weight is 358 g/mol. The molecule has 0 radical (unpaired) electrons. The number of para-hydroxylation sites is 1. The fourth-order valence-electron chi connectivity index (χ4n) is 2.92. The number of hydrazone groups is 1. The van der Waals surface area contributed by atoms with E-state index in [1.165, 1.54) is 0 Å². The molecule has 0 aliphatic carbocycles. The molecule has 0 spiro atoms. The summed E-state index contributed by atoms with van der Waals surface area (Å²) in [6, 6.07) is 22.8. The minimum absolute atomic E-state index is 0.224. The van der Waals surface area contributed by atoms with E-state index in [2.05, 4.69) is 23.5 Å². The molecule has 0 saturated heterocycles. The third kappa shape index (κ3) is 4.23. The summed E-state index contributed by atoms with van der Waals surface area (Å²) in [5, 5.41) is 14.2. The number of benzene rings is 3. The maximum Gasteiger partial charge on any atom is 0.336 e. The van der Waals surface area contributed by atoms with Gasteiger partial charge in [0.25, 0.3) is 0 Å². The Balaban J connectivity index is 2.11. The van der Waals surface area contributed by atoms with Crippen molar-refractivity contribution >= 4 is 17.4 Å². The van der Waals surface area contributed by atoms with Crippen molar-refractivity contribution in [2.45, 2.75) is 20.3 Å².